The zero-order valence-corrected chi connectivity index (χ0v) is 18.7. The summed E-state index contributed by atoms with van der Waals surface area (Å²) >= 11 is 3.85. The minimum Gasteiger partial charge on any atom is -0.508 e. The van der Waals surface area contributed by atoms with Crippen LogP contribution < -0.4 is 0 Å². The summed E-state index contributed by atoms with van der Waals surface area (Å²) in [5, 5.41) is 15.1. The lowest BCUT2D eigenvalue weighted by molar-refractivity contribution is 0.437. The molecule has 1 heterocycles. The summed E-state index contributed by atoms with van der Waals surface area (Å²) in [6.07, 6.45) is 0. The van der Waals surface area contributed by atoms with Crippen LogP contribution in [0.2, 0.25) is 0 Å². The monoisotopic (exact) mass is 429 g/mol. The molecule has 0 bridgehead atoms. The Labute approximate surface area is 184 Å². The Hall–Kier alpha value is -2.53. The Morgan fingerprint density at radius 2 is 1.50 bits per heavy atom. The molecular formula is C26H23NOS2. The van der Waals surface area contributed by atoms with Gasteiger partial charge in [0, 0.05) is 32.7 Å². The molecule has 0 aliphatic rings. The maximum atomic E-state index is 9.84. The summed E-state index contributed by atoms with van der Waals surface area (Å²) in [7, 11) is 4.25. The van der Waals surface area contributed by atoms with E-state index in [9.17, 15) is 5.11 Å². The molecule has 5 aromatic rings. The predicted molar refractivity (Wildman–Crippen MR) is 133 cm³/mol. The van der Waals surface area contributed by atoms with Gasteiger partial charge in [-0.2, -0.15) is 0 Å². The van der Waals surface area contributed by atoms with Gasteiger partial charge in [0.1, 0.15) is 5.75 Å². The van der Waals surface area contributed by atoms with E-state index in [-0.39, 0.29) is 0 Å². The fourth-order valence-electron chi connectivity index (χ4n) is 4.01. The number of hydrogen-bond donors (Lipinski definition) is 1. The molecule has 0 unspecified atom stereocenters. The SMILES string of the molecule is CN(C)CCSc1c2ccccc2c(-c2ccc(O)cc2)c2c1sc1ccccc12. The second-order valence-corrected chi connectivity index (χ2v) is 9.91. The molecular weight excluding hydrogens is 406 g/mol. The molecule has 0 fully saturated rings. The minimum absolute atomic E-state index is 0.297. The number of fused-ring (bicyclic) bond motifs is 4. The van der Waals surface area contributed by atoms with Gasteiger partial charge >= 0.3 is 0 Å². The summed E-state index contributed by atoms with van der Waals surface area (Å²) in [6.45, 7) is 1.05. The number of hydrogen-bond acceptors (Lipinski definition) is 4. The van der Waals surface area contributed by atoms with Crippen LogP contribution in [0.15, 0.2) is 77.7 Å². The van der Waals surface area contributed by atoms with E-state index in [1.165, 1.54) is 41.4 Å². The van der Waals surface area contributed by atoms with Crippen LogP contribution in [0.5, 0.6) is 5.75 Å². The normalized spacial score (nSPS) is 11.8. The molecule has 0 aliphatic carbocycles. The lowest BCUT2D eigenvalue weighted by Gasteiger charge is -2.16. The average molecular weight is 430 g/mol. The summed E-state index contributed by atoms with van der Waals surface area (Å²) in [5.74, 6) is 1.35. The Kier molecular flexibility index (Phi) is 5.15. The van der Waals surface area contributed by atoms with Gasteiger partial charge in [0.15, 0.2) is 0 Å². The maximum Gasteiger partial charge on any atom is 0.115 e. The van der Waals surface area contributed by atoms with Gasteiger partial charge in [0.25, 0.3) is 0 Å². The first-order valence-electron chi connectivity index (χ1n) is 10.1. The molecule has 5 rings (SSSR count). The van der Waals surface area contributed by atoms with Gasteiger partial charge in [0.2, 0.25) is 0 Å². The van der Waals surface area contributed by atoms with Crippen molar-refractivity contribution in [2.24, 2.45) is 0 Å². The van der Waals surface area contributed by atoms with Crippen LogP contribution in [0.25, 0.3) is 42.1 Å². The Morgan fingerprint density at radius 3 is 2.23 bits per heavy atom. The molecule has 0 radical (unpaired) electrons. The smallest absolute Gasteiger partial charge is 0.115 e. The van der Waals surface area contributed by atoms with E-state index in [4.69, 9.17) is 0 Å². The van der Waals surface area contributed by atoms with Gasteiger partial charge < -0.3 is 10.0 Å². The number of thioether (sulfide) groups is 1. The quantitative estimate of drug-likeness (QED) is 0.298. The van der Waals surface area contributed by atoms with Gasteiger partial charge in [-0.1, -0.05) is 54.6 Å². The first-order chi connectivity index (χ1) is 14.6. The van der Waals surface area contributed by atoms with Gasteiger partial charge in [-0.05, 0) is 54.2 Å². The molecule has 150 valence electrons. The van der Waals surface area contributed by atoms with Gasteiger partial charge in [-0.25, -0.2) is 0 Å². The van der Waals surface area contributed by atoms with Crippen molar-refractivity contribution in [2.75, 3.05) is 26.4 Å². The van der Waals surface area contributed by atoms with Crippen LogP contribution in [0.4, 0.5) is 0 Å². The highest BCUT2D eigenvalue weighted by Gasteiger charge is 2.19. The molecule has 1 N–H and O–H groups in total. The van der Waals surface area contributed by atoms with E-state index >= 15 is 0 Å². The van der Waals surface area contributed by atoms with Gasteiger partial charge in [0.05, 0.1) is 4.70 Å². The molecule has 4 aromatic carbocycles. The number of phenolic OH excluding ortho intramolecular Hbond substituents is 1. The van der Waals surface area contributed by atoms with Crippen molar-refractivity contribution in [1.82, 2.24) is 4.90 Å². The molecule has 0 atom stereocenters. The maximum absolute atomic E-state index is 9.84. The highest BCUT2D eigenvalue weighted by atomic mass is 32.2. The lowest BCUT2D eigenvalue weighted by Crippen LogP contribution is -2.14. The molecule has 0 saturated heterocycles. The van der Waals surface area contributed by atoms with Crippen molar-refractivity contribution < 1.29 is 5.11 Å². The Bertz CT molecular complexity index is 1350. The van der Waals surface area contributed by atoms with Crippen molar-refractivity contribution in [3.05, 3.63) is 72.8 Å². The molecule has 0 aliphatic heterocycles. The Balaban J connectivity index is 1.89. The predicted octanol–water partition coefficient (Wildman–Crippen LogP) is 7.23. The summed E-state index contributed by atoms with van der Waals surface area (Å²) < 4.78 is 2.68. The third kappa shape index (κ3) is 3.35. The number of rotatable bonds is 5. The van der Waals surface area contributed by atoms with E-state index in [0.29, 0.717) is 5.75 Å². The molecule has 4 heteroatoms. The van der Waals surface area contributed by atoms with Crippen LogP contribution in [0.1, 0.15) is 0 Å². The minimum atomic E-state index is 0.297. The van der Waals surface area contributed by atoms with E-state index in [1.807, 2.05) is 35.2 Å². The zero-order chi connectivity index (χ0) is 20.7. The molecule has 1 aromatic heterocycles. The largest absolute Gasteiger partial charge is 0.508 e. The van der Waals surface area contributed by atoms with Crippen LogP contribution in [-0.4, -0.2) is 36.4 Å². The van der Waals surface area contributed by atoms with Crippen LogP contribution in [0.3, 0.4) is 0 Å². The standard InChI is InChI=1S/C26H23NOS2/c1-27(2)15-16-29-25-20-8-4-3-7-19(20)23(17-11-13-18(28)14-12-17)24-21-9-5-6-10-22(21)30-26(24)25/h3-14,28H,15-16H2,1-2H3. The number of benzene rings is 4. The molecule has 30 heavy (non-hydrogen) atoms. The third-order valence-corrected chi connectivity index (χ3v) is 7.85. The fourth-order valence-corrected chi connectivity index (χ4v) is 6.70. The van der Waals surface area contributed by atoms with E-state index in [1.54, 1.807) is 12.1 Å². The average Bonchev–Trinajstić information content (AvgIpc) is 3.13. The first-order valence-corrected chi connectivity index (χ1v) is 11.9. The number of phenols is 1. The topological polar surface area (TPSA) is 23.5 Å². The van der Waals surface area contributed by atoms with E-state index in [2.05, 4.69) is 67.5 Å². The van der Waals surface area contributed by atoms with E-state index < -0.39 is 0 Å². The van der Waals surface area contributed by atoms with Crippen molar-refractivity contribution in [2.45, 2.75) is 4.90 Å². The molecule has 0 saturated carbocycles. The number of thiophene rings is 1. The highest BCUT2D eigenvalue weighted by molar-refractivity contribution is 7.99. The van der Waals surface area contributed by atoms with Crippen molar-refractivity contribution in [1.29, 1.82) is 0 Å². The van der Waals surface area contributed by atoms with Gasteiger partial charge in [-0.3, -0.25) is 0 Å². The highest BCUT2D eigenvalue weighted by Crippen LogP contribution is 2.49. The molecule has 0 spiro atoms. The number of nitrogens with zero attached hydrogens (tertiary/aromatic N) is 1. The van der Waals surface area contributed by atoms with Crippen molar-refractivity contribution in [3.8, 4) is 16.9 Å². The fraction of sp³-hybridized carbons (Fsp3) is 0.154. The van der Waals surface area contributed by atoms with Crippen LogP contribution in [-0.2, 0) is 0 Å². The van der Waals surface area contributed by atoms with Crippen molar-refractivity contribution >= 4 is 54.0 Å². The van der Waals surface area contributed by atoms with Crippen LogP contribution in [0, 0.1) is 0 Å². The third-order valence-electron chi connectivity index (χ3n) is 5.43. The lowest BCUT2D eigenvalue weighted by atomic mass is 9.93. The molecule has 0 amide bonds. The first kappa shape index (κ1) is 19.4. The van der Waals surface area contributed by atoms with Gasteiger partial charge in [-0.15, -0.1) is 23.1 Å². The zero-order valence-electron chi connectivity index (χ0n) is 17.1. The second-order valence-electron chi connectivity index (χ2n) is 7.75. The summed E-state index contributed by atoms with van der Waals surface area (Å²) in [6, 6.07) is 25.1. The summed E-state index contributed by atoms with van der Waals surface area (Å²) in [4.78, 5) is 3.62. The molecule has 2 nitrogen and oxygen atoms in total. The summed E-state index contributed by atoms with van der Waals surface area (Å²) in [5.41, 5.74) is 2.40. The van der Waals surface area contributed by atoms with E-state index in [0.717, 1.165) is 17.9 Å². The number of aromatic hydroxyl groups is 1. The van der Waals surface area contributed by atoms with Crippen molar-refractivity contribution in [3.63, 3.8) is 0 Å². The van der Waals surface area contributed by atoms with Crippen LogP contribution >= 0.6 is 23.1 Å². The second kappa shape index (κ2) is 7.95. The Morgan fingerprint density at radius 1 is 0.833 bits per heavy atom.